The van der Waals surface area contributed by atoms with Crippen molar-refractivity contribution in [2.24, 2.45) is 7.05 Å². The minimum Gasteiger partial charge on any atom is -0.306 e. The van der Waals surface area contributed by atoms with Crippen LogP contribution in [0.4, 0.5) is 0 Å². The van der Waals surface area contributed by atoms with Crippen LogP contribution in [0.5, 0.6) is 0 Å². The van der Waals surface area contributed by atoms with Gasteiger partial charge in [-0.25, -0.2) is 10.2 Å². The molecule has 0 saturated heterocycles. The Morgan fingerprint density at radius 2 is 2.18 bits per heavy atom. The van der Waals surface area contributed by atoms with Gasteiger partial charge in [-0.15, -0.1) is 0 Å². The van der Waals surface area contributed by atoms with E-state index >= 15 is 0 Å². The van der Waals surface area contributed by atoms with Gasteiger partial charge in [-0.05, 0) is 5.52 Å². The molecule has 7 heteroatoms. The zero-order valence-electron chi connectivity index (χ0n) is 5.59. The third kappa shape index (κ3) is 1.26. The van der Waals surface area contributed by atoms with Gasteiger partial charge in [0.05, 0.1) is 0 Å². The van der Waals surface area contributed by atoms with Crippen LogP contribution in [0.2, 0.25) is 0 Å². The van der Waals surface area contributed by atoms with Crippen LogP contribution in [0.1, 0.15) is 0 Å². The first-order chi connectivity index (χ1) is 4.88. The average molecular weight is 319 g/mol. The Labute approximate surface area is 76.3 Å². The molecule has 0 radical (unpaired) electrons. The van der Waals surface area contributed by atoms with Crippen molar-refractivity contribution < 1.29 is 21.1 Å². The molecule has 0 N–H and O–H groups in total. The Hall–Kier alpha value is -0.902. The van der Waals surface area contributed by atoms with Crippen LogP contribution in [0.3, 0.4) is 0 Å². The zero-order chi connectivity index (χ0) is 6.97. The van der Waals surface area contributed by atoms with E-state index in [9.17, 15) is 0 Å². The molecule has 11 heavy (non-hydrogen) atoms. The molecule has 2 heterocycles. The predicted octanol–water partition coefficient (Wildman–Crippen LogP) is -1.05. The molecule has 0 fully saturated rings. The molecule has 0 aromatic carbocycles. The predicted molar refractivity (Wildman–Crippen MR) is 30.7 cm³/mol. The van der Waals surface area contributed by atoms with Crippen molar-refractivity contribution in [2.45, 2.75) is 0 Å². The van der Waals surface area contributed by atoms with E-state index in [1.54, 1.807) is 7.05 Å². The second-order valence-corrected chi connectivity index (χ2v) is 1.79. The Morgan fingerprint density at radius 1 is 1.36 bits per heavy atom. The monoisotopic (exact) mass is 319 g/mol. The molecule has 0 saturated carbocycles. The van der Waals surface area contributed by atoms with E-state index < -0.39 is 0 Å². The van der Waals surface area contributed by atoms with E-state index in [2.05, 4.69) is 31.9 Å². The van der Waals surface area contributed by atoms with Crippen LogP contribution in [0.25, 0.3) is 11.2 Å². The van der Waals surface area contributed by atoms with Crippen molar-refractivity contribution in [3.05, 3.63) is 6.20 Å². The van der Waals surface area contributed by atoms with Crippen molar-refractivity contribution in [1.29, 1.82) is 0 Å². The van der Waals surface area contributed by atoms with Gasteiger partial charge in [0.15, 0.2) is 0 Å². The van der Waals surface area contributed by atoms with Crippen LogP contribution in [-0.2, 0) is 28.1 Å². The molecule has 0 aliphatic carbocycles. The number of rotatable bonds is 0. The number of aryl methyl sites for hydroxylation is 1. The van der Waals surface area contributed by atoms with Crippen LogP contribution in [0.15, 0.2) is 0 Å². The largest absolute Gasteiger partial charge is 0.306 e. The van der Waals surface area contributed by atoms with Gasteiger partial charge in [0, 0.05) is 33.8 Å². The smallest absolute Gasteiger partial charge is 0.0489 e. The summed E-state index contributed by atoms with van der Waals surface area (Å²) in [6, 6.07) is 0. The van der Waals surface area contributed by atoms with E-state index in [0.29, 0.717) is 11.2 Å². The molecule has 2 rings (SSSR count). The summed E-state index contributed by atoms with van der Waals surface area (Å²) in [7, 11) is 1.73. The summed E-state index contributed by atoms with van der Waals surface area (Å²) in [5, 5.41) is 17.9. The van der Waals surface area contributed by atoms with Crippen molar-refractivity contribution >= 4 is 11.2 Å². The van der Waals surface area contributed by atoms with E-state index in [1.807, 2.05) is 0 Å². The van der Waals surface area contributed by atoms with Gasteiger partial charge in [-0.2, -0.15) is 5.10 Å². The molecule has 6 nitrogen and oxygen atoms in total. The van der Waals surface area contributed by atoms with Crippen LogP contribution >= 0.6 is 0 Å². The van der Waals surface area contributed by atoms with Crippen molar-refractivity contribution in [3.63, 3.8) is 0 Å². The Morgan fingerprint density at radius 3 is 2.91 bits per heavy atom. The van der Waals surface area contributed by atoms with E-state index in [0.717, 1.165) is 0 Å². The quantitative estimate of drug-likeness (QED) is 0.580. The summed E-state index contributed by atoms with van der Waals surface area (Å²) in [4.78, 5) is 0. The minimum absolute atomic E-state index is 0. The molecule has 0 aliphatic rings. The van der Waals surface area contributed by atoms with Gasteiger partial charge in [0.2, 0.25) is 0 Å². The van der Waals surface area contributed by atoms with Gasteiger partial charge in [-0.1, -0.05) is 16.6 Å². The number of nitrogens with zero attached hydrogens (tertiary/aromatic N) is 6. The summed E-state index contributed by atoms with van der Waals surface area (Å²) in [6.07, 6.45) is 2.55. The summed E-state index contributed by atoms with van der Waals surface area (Å²) in [6.45, 7) is 0. The van der Waals surface area contributed by atoms with Crippen molar-refractivity contribution in [1.82, 2.24) is 30.4 Å². The van der Waals surface area contributed by atoms with Gasteiger partial charge >= 0.3 is 0 Å². The summed E-state index contributed by atoms with van der Waals surface area (Å²) < 4.78 is 1.51. The van der Waals surface area contributed by atoms with Crippen molar-refractivity contribution in [2.75, 3.05) is 0 Å². The summed E-state index contributed by atoms with van der Waals surface area (Å²) in [5.41, 5.74) is 1.13. The SMILES string of the molecule is Cn1nnc2[c-]nnnc21.[W]. The van der Waals surface area contributed by atoms with E-state index in [-0.39, 0.29) is 21.1 Å². The molecule has 0 spiro atoms. The third-order valence-electron chi connectivity index (χ3n) is 1.14. The molecule has 0 aliphatic heterocycles. The molecule has 0 bridgehead atoms. The van der Waals surface area contributed by atoms with Crippen LogP contribution < -0.4 is 0 Å². The third-order valence-corrected chi connectivity index (χ3v) is 1.14. The van der Waals surface area contributed by atoms with E-state index in [1.165, 1.54) is 4.68 Å². The first-order valence-corrected chi connectivity index (χ1v) is 2.64. The second-order valence-electron chi connectivity index (χ2n) is 1.79. The summed E-state index contributed by atoms with van der Waals surface area (Å²) >= 11 is 0. The molecule has 0 amide bonds. The standard InChI is InChI=1S/C4H3N6.W/c1-10-4-3(6-9-10)2-5-8-7-4;/h1H3;/q-1;. The first-order valence-electron chi connectivity index (χ1n) is 2.64. The molecular weight excluding hydrogens is 316 g/mol. The topological polar surface area (TPSA) is 69.4 Å². The van der Waals surface area contributed by atoms with Gasteiger partial charge < -0.3 is 4.68 Å². The van der Waals surface area contributed by atoms with Crippen molar-refractivity contribution in [3.8, 4) is 0 Å². The Bertz CT molecular complexity index is 356. The van der Waals surface area contributed by atoms with Gasteiger partial charge in [0.25, 0.3) is 0 Å². The first kappa shape index (κ1) is 8.20. The molecule has 2 aromatic heterocycles. The Kier molecular flexibility index (Phi) is 2.24. The molecule has 0 atom stereocenters. The minimum atomic E-state index is 0. The zero-order valence-corrected chi connectivity index (χ0v) is 8.52. The fourth-order valence-electron chi connectivity index (χ4n) is 0.671. The maximum absolute atomic E-state index is 3.71. The molecule has 2 aromatic rings. The van der Waals surface area contributed by atoms with E-state index in [4.69, 9.17) is 0 Å². The molecule has 0 unspecified atom stereocenters. The number of fused-ring (bicyclic) bond motifs is 1. The fraction of sp³-hybridized carbons (Fsp3) is 0.250. The maximum Gasteiger partial charge on any atom is 0.0489 e. The number of aromatic nitrogens is 6. The van der Waals surface area contributed by atoms with Gasteiger partial charge in [-0.3, -0.25) is 0 Å². The fourth-order valence-corrected chi connectivity index (χ4v) is 0.671. The Balaban J connectivity index is 0.000000605. The van der Waals surface area contributed by atoms with Gasteiger partial charge in [0.1, 0.15) is 0 Å². The average Bonchev–Trinajstić information content (AvgIpc) is 2.34. The van der Waals surface area contributed by atoms with Crippen LogP contribution in [0, 0.1) is 6.20 Å². The number of hydrogen-bond acceptors (Lipinski definition) is 5. The maximum atomic E-state index is 3.71. The number of hydrogen-bond donors (Lipinski definition) is 0. The normalized spacial score (nSPS) is 9.55. The second kappa shape index (κ2) is 3.00. The molecule has 56 valence electrons. The molecular formula is C4H3N6W-. The summed E-state index contributed by atoms with van der Waals surface area (Å²) in [5.74, 6) is 0. The van der Waals surface area contributed by atoms with Crippen LogP contribution in [-0.4, -0.2) is 30.4 Å².